The SMILES string of the molecule is CCC1CC(CC)C(C(=O)OC2(CC)C=CCC2)C1. The van der Waals surface area contributed by atoms with Gasteiger partial charge in [0.25, 0.3) is 0 Å². The van der Waals surface area contributed by atoms with E-state index in [1.54, 1.807) is 0 Å². The molecule has 19 heavy (non-hydrogen) atoms. The molecule has 0 heterocycles. The summed E-state index contributed by atoms with van der Waals surface area (Å²) in [6.07, 6.45) is 11.7. The monoisotopic (exact) mass is 264 g/mol. The van der Waals surface area contributed by atoms with Crippen LogP contribution < -0.4 is 0 Å². The van der Waals surface area contributed by atoms with Gasteiger partial charge in [0.1, 0.15) is 5.60 Å². The lowest BCUT2D eigenvalue weighted by atomic mass is 9.93. The van der Waals surface area contributed by atoms with Gasteiger partial charge in [-0.2, -0.15) is 0 Å². The van der Waals surface area contributed by atoms with Crippen molar-refractivity contribution < 1.29 is 9.53 Å². The lowest BCUT2D eigenvalue weighted by molar-refractivity contribution is -0.162. The first kappa shape index (κ1) is 14.6. The quantitative estimate of drug-likeness (QED) is 0.540. The largest absolute Gasteiger partial charge is 0.455 e. The van der Waals surface area contributed by atoms with Crippen LogP contribution in [0.4, 0.5) is 0 Å². The summed E-state index contributed by atoms with van der Waals surface area (Å²) >= 11 is 0. The van der Waals surface area contributed by atoms with Crippen molar-refractivity contribution in [3.63, 3.8) is 0 Å². The first-order valence-corrected chi connectivity index (χ1v) is 8.04. The second-order valence-corrected chi connectivity index (χ2v) is 6.30. The molecule has 4 atom stereocenters. The predicted octanol–water partition coefficient (Wildman–Crippen LogP) is 4.49. The van der Waals surface area contributed by atoms with E-state index in [9.17, 15) is 4.79 Å². The lowest BCUT2D eigenvalue weighted by Gasteiger charge is -2.29. The zero-order valence-electron chi connectivity index (χ0n) is 12.7. The van der Waals surface area contributed by atoms with Crippen molar-refractivity contribution in [3.05, 3.63) is 12.2 Å². The summed E-state index contributed by atoms with van der Waals surface area (Å²) < 4.78 is 5.93. The number of hydrogen-bond acceptors (Lipinski definition) is 2. The number of carbonyl (C=O) groups is 1. The van der Waals surface area contributed by atoms with Gasteiger partial charge >= 0.3 is 5.97 Å². The molecule has 2 aliphatic carbocycles. The molecule has 0 bridgehead atoms. The van der Waals surface area contributed by atoms with E-state index in [-0.39, 0.29) is 17.5 Å². The number of ether oxygens (including phenoxy) is 1. The number of hydrogen-bond donors (Lipinski definition) is 0. The Morgan fingerprint density at radius 1 is 1.26 bits per heavy atom. The van der Waals surface area contributed by atoms with Crippen molar-refractivity contribution >= 4 is 5.97 Å². The van der Waals surface area contributed by atoms with Gasteiger partial charge in [0.2, 0.25) is 0 Å². The molecule has 1 saturated carbocycles. The molecule has 2 rings (SSSR count). The predicted molar refractivity (Wildman–Crippen MR) is 77.8 cm³/mol. The van der Waals surface area contributed by atoms with Crippen molar-refractivity contribution in [3.8, 4) is 0 Å². The number of carbonyl (C=O) groups excluding carboxylic acids is 1. The highest BCUT2D eigenvalue weighted by molar-refractivity contribution is 5.74. The van der Waals surface area contributed by atoms with Crippen LogP contribution in [-0.2, 0) is 9.53 Å². The lowest BCUT2D eigenvalue weighted by Crippen LogP contribution is -2.34. The Bertz CT molecular complexity index is 347. The molecular formula is C17H28O2. The standard InChI is InChI=1S/C17H28O2/c1-4-13-11-14(5-2)15(12-13)16(18)19-17(6-3)9-7-8-10-17/h7,9,13-15H,4-6,8,10-12H2,1-3H3. The van der Waals surface area contributed by atoms with Gasteiger partial charge in [-0.15, -0.1) is 0 Å². The summed E-state index contributed by atoms with van der Waals surface area (Å²) in [7, 11) is 0. The summed E-state index contributed by atoms with van der Waals surface area (Å²) in [6.45, 7) is 6.55. The molecule has 0 aromatic rings. The average molecular weight is 264 g/mol. The smallest absolute Gasteiger partial charge is 0.310 e. The Morgan fingerprint density at radius 3 is 2.58 bits per heavy atom. The van der Waals surface area contributed by atoms with Crippen LogP contribution in [0, 0.1) is 17.8 Å². The van der Waals surface area contributed by atoms with Crippen LogP contribution in [0.15, 0.2) is 12.2 Å². The zero-order chi connectivity index (χ0) is 13.9. The molecular weight excluding hydrogens is 236 g/mol. The van der Waals surface area contributed by atoms with Crippen LogP contribution in [0.25, 0.3) is 0 Å². The summed E-state index contributed by atoms with van der Waals surface area (Å²) in [6, 6.07) is 0. The molecule has 4 unspecified atom stereocenters. The fourth-order valence-corrected chi connectivity index (χ4v) is 3.75. The molecule has 0 aromatic heterocycles. The molecule has 0 saturated heterocycles. The normalized spacial score (nSPS) is 37.7. The Labute approximate surface area is 117 Å². The highest BCUT2D eigenvalue weighted by atomic mass is 16.6. The fraction of sp³-hybridized carbons (Fsp3) is 0.824. The molecule has 0 aliphatic heterocycles. The second-order valence-electron chi connectivity index (χ2n) is 6.30. The molecule has 0 amide bonds. The Balaban J connectivity index is 2.01. The molecule has 2 aliphatic rings. The Hall–Kier alpha value is -0.790. The number of allylic oxidation sites excluding steroid dienone is 1. The first-order valence-electron chi connectivity index (χ1n) is 8.04. The molecule has 1 fully saturated rings. The highest BCUT2D eigenvalue weighted by Crippen LogP contribution is 2.42. The third kappa shape index (κ3) is 3.04. The van der Waals surface area contributed by atoms with Crippen LogP contribution in [0.2, 0.25) is 0 Å². The van der Waals surface area contributed by atoms with Gasteiger partial charge in [-0.1, -0.05) is 39.7 Å². The van der Waals surface area contributed by atoms with Crippen LogP contribution in [0.1, 0.15) is 65.7 Å². The van der Waals surface area contributed by atoms with E-state index in [1.165, 1.54) is 12.8 Å². The van der Waals surface area contributed by atoms with Crippen LogP contribution >= 0.6 is 0 Å². The zero-order valence-corrected chi connectivity index (χ0v) is 12.7. The van der Waals surface area contributed by atoms with Gasteiger partial charge in [-0.05, 0) is 50.0 Å². The van der Waals surface area contributed by atoms with Gasteiger partial charge in [0, 0.05) is 0 Å². The minimum Gasteiger partial charge on any atom is -0.455 e. The molecule has 0 radical (unpaired) electrons. The van der Waals surface area contributed by atoms with E-state index in [0.717, 1.165) is 38.0 Å². The van der Waals surface area contributed by atoms with E-state index in [1.807, 2.05) is 0 Å². The molecule has 0 spiro atoms. The Morgan fingerprint density at radius 2 is 2.05 bits per heavy atom. The molecule has 2 heteroatoms. The van der Waals surface area contributed by atoms with Crippen molar-refractivity contribution in [1.82, 2.24) is 0 Å². The summed E-state index contributed by atoms with van der Waals surface area (Å²) in [5.74, 6) is 1.47. The van der Waals surface area contributed by atoms with Crippen molar-refractivity contribution in [2.45, 2.75) is 71.3 Å². The summed E-state index contributed by atoms with van der Waals surface area (Å²) in [5, 5.41) is 0. The number of esters is 1. The second kappa shape index (κ2) is 6.11. The van der Waals surface area contributed by atoms with Gasteiger partial charge in [-0.3, -0.25) is 4.79 Å². The van der Waals surface area contributed by atoms with E-state index in [0.29, 0.717) is 5.92 Å². The van der Waals surface area contributed by atoms with Crippen molar-refractivity contribution in [2.75, 3.05) is 0 Å². The fourth-order valence-electron chi connectivity index (χ4n) is 3.75. The summed E-state index contributed by atoms with van der Waals surface area (Å²) in [5.41, 5.74) is -0.292. The van der Waals surface area contributed by atoms with Gasteiger partial charge < -0.3 is 4.74 Å². The molecule has 2 nitrogen and oxygen atoms in total. The Kier molecular flexibility index (Phi) is 4.70. The van der Waals surface area contributed by atoms with Gasteiger partial charge in [0.15, 0.2) is 0 Å². The molecule has 108 valence electrons. The summed E-state index contributed by atoms with van der Waals surface area (Å²) in [4.78, 5) is 12.5. The first-order chi connectivity index (χ1) is 9.14. The van der Waals surface area contributed by atoms with Gasteiger partial charge in [-0.25, -0.2) is 0 Å². The average Bonchev–Trinajstić information content (AvgIpc) is 3.05. The molecule has 0 aromatic carbocycles. The maximum absolute atomic E-state index is 12.5. The number of rotatable bonds is 5. The van der Waals surface area contributed by atoms with E-state index >= 15 is 0 Å². The van der Waals surface area contributed by atoms with E-state index in [2.05, 4.69) is 32.9 Å². The maximum atomic E-state index is 12.5. The third-order valence-corrected chi connectivity index (χ3v) is 5.25. The van der Waals surface area contributed by atoms with Crippen LogP contribution in [-0.4, -0.2) is 11.6 Å². The van der Waals surface area contributed by atoms with E-state index < -0.39 is 0 Å². The maximum Gasteiger partial charge on any atom is 0.310 e. The van der Waals surface area contributed by atoms with Crippen molar-refractivity contribution in [1.29, 1.82) is 0 Å². The van der Waals surface area contributed by atoms with Gasteiger partial charge in [0.05, 0.1) is 5.92 Å². The third-order valence-electron chi connectivity index (χ3n) is 5.25. The van der Waals surface area contributed by atoms with E-state index in [4.69, 9.17) is 4.74 Å². The minimum atomic E-state index is -0.292. The van der Waals surface area contributed by atoms with Crippen LogP contribution in [0.5, 0.6) is 0 Å². The minimum absolute atomic E-state index is 0.0659. The van der Waals surface area contributed by atoms with Crippen LogP contribution in [0.3, 0.4) is 0 Å². The molecule has 0 N–H and O–H groups in total. The topological polar surface area (TPSA) is 26.3 Å². The highest BCUT2D eigenvalue weighted by Gasteiger charge is 2.41. The van der Waals surface area contributed by atoms with Crippen molar-refractivity contribution in [2.24, 2.45) is 17.8 Å².